The van der Waals surface area contributed by atoms with Gasteiger partial charge in [-0.25, -0.2) is 0 Å². The summed E-state index contributed by atoms with van der Waals surface area (Å²) in [5.41, 5.74) is 2.71. The molecule has 3 nitrogen and oxygen atoms in total. The van der Waals surface area contributed by atoms with Crippen molar-refractivity contribution >= 4 is 0 Å². The van der Waals surface area contributed by atoms with Crippen LogP contribution in [0.15, 0.2) is 42.6 Å². The van der Waals surface area contributed by atoms with E-state index in [-0.39, 0.29) is 0 Å². The molecule has 0 spiro atoms. The average molecular weight is 286 g/mol. The third-order valence-corrected chi connectivity index (χ3v) is 4.14. The fourth-order valence-electron chi connectivity index (χ4n) is 2.68. The number of hydrogen-bond acceptors (Lipinski definition) is 2. The van der Waals surface area contributed by atoms with Crippen LogP contribution in [0.3, 0.4) is 0 Å². The molecule has 0 aliphatic carbocycles. The molecule has 0 bridgehead atoms. The zero-order chi connectivity index (χ0) is 15.2. The topological polar surface area (TPSA) is 17.4 Å². The predicted octanol–water partition coefficient (Wildman–Crippen LogP) is 3.49. The van der Waals surface area contributed by atoms with Crippen LogP contribution < -0.4 is 4.74 Å². The third kappa shape index (κ3) is 4.11. The van der Waals surface area contributed by atoms with Gasteiger partial charge in [0.05, 0.1) is 7.11 Å². The van der Waals surface area contributed by atoms with Crippen LogP contribution in [0, 0.1) is 0 Å². The lowest BCUT2D eigenvalue weighted by Gasteiger charge is -2.28. The first-order valence-corrected chi connectivity index (χ1v) is 7.61. The molecule has 1 aromatic heterocycles. The summed E-state index contributed by atoms with van der Waals surface area (Å²) in [6, 6.07) is 13.2. The highest BCUT2D eigenvalue weighted by molar-refractivity contribution is 5.27. The number of aryl methyl sites for hydroxylation is 1. The van der Waals surface area contributed by atoms with Crippen LogP contribution in [-0.2, 0) is 20.0 Å². The highest BCUT2D eigenvalue weighted by Crippen LogP contribution is 2.16. The van der Waals surface area contributed by atoms with Gasteiger partial charge in [0.2, 0.25) is 0 Å². The van der Waals surface area contributed by atoms with Gasteiger partial charge < -0.3 is 9.30 Å². The number of rotatable bonds is 7. The number of ether oxygens (including phenoxy) is 1. The monoisotopic (exact) mass is 286 g/mol. The Balaban J connectivity index is 1.99. The van der Waals surface area contributed by atoms with Gasteiger partial charge in [0.25, 0.3) is 0 Å². The Kier molecular flexibility index (Phi) is 5.45. The lowest BCUT2D eigenvalue weighted by atomic mass is 10.1. The second kappa shape index (κ2) is 7.32. The molecule has 1 atom stereocenters. The van der Waals surface area contributed by atoms with Crippen molar-refractivity contribution in [2.45, 2.75) is 32.9 Å². The normalized spacial score (nSPS) is 12.6. The van der Waals surface area contributed by atoms with E-state index in [1.165, 1.54) is 11.3 Å². The van der Waals surface area contributed by atoms with E-state index in [1.807, 2.05) is 12.1 Å². The molecule has 0 aliphatic heterocycles. The van der Waals surface area contributed by atoms with Crippen LogP contribution in [-0.4, -0.2) is 29.2 Å². The zero-order valence-electron chi connectivity index (χ0n) is 13.5. The second-order valence-electron chi connectivity index (χ2n) is 5.57. The van der Waals surface area contributed by atoms with Gasteiger partial charge >= 0.3 is 0 Å². The van der Waals surface area contributed by atoms with Crippen LogP contribution in [0.1, 0.15) is 25.1 Å². The molecule has 0 saturated carbocycles. The average Bonchev–Trinajstić information content (AvgIpc) is 2.90. The Morgan fingerprint density at radius 2 is 1.90 bits per heavy atom. The molecule has 1 heterocycles. The summed E-state index contributed by atoms with van der Waals surface area (Å²) in [7, 11) is 3.81. The van der Waals surface area contributed by atoms with Gasteiger partial charge in [0.1, 0.15) is 5.75 Å². The van der Waals surface area contributed by atoms with Crippen molar-refractivity contribution in [2.75, 3.05) is 13.7 Å². The highest BCUT2D eigenvalue weighted by atomic mass is 16.5. The number of aromatic nitrogens is 1. The fourth-order valence-corrected chi connectivity index (χ4v) is 2.68. The molecule has 0 aliphatic rings. The van der Waals surface area contributed by atoms with Crippen molar-refractivity contribution in [1.29, 1.82) is 0 Å². The Bertz CT molecular complexity index is 545. The van der Waals surface area contributed by atoms with E-state index in [4.69, 9.17) is 4.74 Å². The predicted molar refractivity (Wildman–Crippen MR) is 87.7 cm³/mol. The smallest absolute Gasteiger partial charge is 0.118 e. The summed E-state index contributed by atoms with van der Waals surface area (Å²) >= 11 is 0. The summed E-state index contributed by atoms with van der Waals surface area (Å²) in [6.45, 7) is 6.59. The van der Waals surface area contributed by atoms with Gasteiger partial charge in [-0.15, -0.1) is 0 Å². The molecule has 3 heteroatoms. The molecule has 21 heavy (non-hydrogen) atoms. The number of benzene rings is 1. The molecular weight excluding hydrogens is 260 g/mol. The summed E-state index contributed by atoms with van der Waals surface area (Å²) in [6.07, 6.45) is 3.17. The van der Waals surface area contributed by atoms with E-state index >= 15 is 0 Å². The Morgan fingerprint density at radius 1 is 1.19 bits per heavy atom. The maximum atomic E-state index is 5.21. The molecule has 0 saturated heterocycles. The van der Waals surface area contributed by atoms with Crippen LogP contribution in [0.25, 0.3) is 0 Å². The van der Waals surface area contributed by atoms with Gasteiger partial charge in [-0.1, -0.05) is 19.1 Å². The van der Waals surface area contributed by atoms with Crippen LogP contribution in [0.5, 0.6) is 5.75 Å². The van der Waals surface area contributed by atoms with Gasteiger partial charge in [-0.05, 0) is 49.7 Å². The quantitative estimate of drug-likeness (QED) is 0.775. The second-order valence-corrected chi connectivity index (χ2v) is 5.57. The molecule has 0 amide bonds. The van der Waals surface area contributed by atoms with Crippen molar-refractivity contribution in [3.05, 3.63) is 53.9 Å². The minimum absolute atomic E-state index is 0.512. The Morgan fingerprint density at radius 3 is 2.43 bits per heavy atom. The zero-order valence-corrected chi connectivity index (χ0v) is 13.5. The lowest BCUT2D eigenvalue weighted by Crippen LogP contribution is -2.34. The van der Waals surface area contributed by atoms with E-state index in [2.05, 4.69) is 60.8 Å². The molecule has 0 radical (unpaired) electrons. The summed E-state index contributed by atoms with van der Waals surface area (Å²) in [4.78, 5) is 2.51. The molecule has 114 valence electrons. The maximum absolute atomic E-state index is 5.21. The first-order chi connectivity index (χ1) is 10.1. The van der Waals surface area contributed by atoms with E-state index in [0.717, 1.165) is 25.3 Å². The van der Waals surface area contributed by atoms with Gasteiger partial charge in [0, 0.05) is 31.5 Å². The van der Waals surface area contributed by atoms with E-state index in [0.29, 0.717) is 6.04 Å². The van der Waals surface area contributed by atoms with E-state index in [9.17, 15) is 0 Å². The highest BCUT2D eigenvalue weighted by Gasteiger charge is 2.14. The first-order valence-electron chi connectivity index (χ1n) is 7.61. The summed E-state index contributed by atoms with van der Waals surface area (Å²) in [5.74, 6) is 0.919. The molecule has 2 rings (SSSR count). The van der Waals surface area contributed by atoms with E-state index < -0.39 is 0 Å². The number of likely N-dealkylation sites (N-methyl/N-ethyl adjacent to an activating group) is 1. The number of hydrogen-bond donors (Lipinski definition) is 0. The van der Waals surface area contributed by atoms with Gasteiger partial charge in [-0.2, -0.15) is 0 Å². The van der Waals surface area contributed by atoms with Crippen molar-refractivity contribution in [2.24, 2.45) is 7.05 Å². The van der Waals surface area contributed by atoms with Crippen LogP contribution in [0.2, 0.25) is 0 Å². The number of nitrogens with zero attached hydrogens (tertiary/aromatic N) is 2. The Labute approximate surface area is 128 Å². The minimum atomic E-state index is 0.512. The summed E-state index contributed by atoms with van der Waals surface area (Å²) in [5, 5.41) is 0. The van der Waals surface area contributed by atoms with Gasteiger partial charge in [-0.3, -0.25) is 4.90 Å². The molecule has 0 fully saturated rings. The molecule has 0 N–H and O–H groups in total. The standard InChI is InChI=1S/C18H26N2O/c1-5-20(14-17-7-6-12-19(17)3)15(2)13-16-8-10-18(21-4)11-9-16/h6-12,15H,5,13-14H2,1-4H3. The Hall–Kier alpha value is -1.74. The fraction of sp³-hybridized carbons (Fsp3) is 0.444. The molecule has 1 unspecified atom stereocenters. The molecule has 2 aromatic rings. The lowest BCUT2D eigenvalue weighted by molar-refractivity contribution is 0.205. The van der Waals surface area contributed by atoms with E-state index in [1.54, 1.807) is 7.11 Å². The first kappa shape index (κ1) is 15.6. The van der Waals surface area contributed by atoms with Crippen molar-refractivity contribution in [3.63, 3.8) is 0 Å². The SMILES string of the molecule is CCN(Cc1cccn1C)C(C)Cc1ccc(OC)cc1. The number of methoxy groups -OCH3 is 1. The maximum Gasteiger partial charge on any atom is 0.118 e. The summed E-state index contributed by atoms with van der Waals surface area (Å²) < 4.78 is 7.41. The van der Waals surface area contributed by atoms with Gasteiger partial charge in [0.15, 0.2) is 0 Å². The molecular formula is C18H26N2O. The van der Waals surface area contributed by atoms with Crippen molar-refractivity contribution in [1.82, 2.24) is 9.47 Å². The van der Waals surface area contributed by atoms with Crippen LogP contribution in [0.4, 0.5) is 0 Å². The molecule has 1 aromatic carbocycles. The van der Waals surface area contributed by atoms with Crippen LogP contribution >= 0.6 is 0 Å². The van der Waals surface area contributed by atoms with Crippen molar-refractivity contribution < 1.29 is 4.74 Å². The third-order valence-electron chi connectivity index (χ3n) is 4.14. The van der Waals surface area contributed by atoms with Crippen molar-refractivity contribution in [3.8, 4) is 5.75 Å². The largest absolute Gasteiger partial charge is 0.497 e. The minimum Gasteiger partial charge on any atom is -0.497 e.